The second-order valence-electron chi connectivity index (χ2n) is 5.56. The van der Waals surface area contributed by atoms with Gasteiger partial charge in [0.1, 0.15) is 5.75 Å². The Balaban J connectivity index is 1.66. The highest BCUT2D eigenvalue weighted by Gasteiger charge is 2.20. The molecule has 0 saturated carbocycles. The number of nitrogen functional groups attached to an aromatic ring is 1. The number of anilines is 1. The molecule has 2 N–H and O–H groups in total. The number of ether oxygens (including phenoxy) is 1. The number of aromatic nitrogens is 5. The molecular formula is C18H15ClN6O2. The van der Waals surface area contributed by atoms with Gasteiger partial charge in [0.25, 0.3) is 5.89 Å². The van der Waals surface area contributed by atoms with Crippen LogP contribution in [0.5, 0.6) is 5.75 Å². The summed E-state index contributed by atoms with van der Waals surface area (Å²) < 4.78 is 12.2. The van der Waals surface area contributed by atoms with Crippen LogP contribution in [0.15, 0.2) is 53.1 Å². The molecule has 0 aliphatic rings. The lowest BCUT2D eigenvalue weighted by molar-refractivity contribution is 0.340. The van der Waals surface area contributed by atoms with Crippen LogP contribution in [-0.4, -0.2) is 31.7 Å². The van der Waals surface area contributed by atoms with Crippen molar-refractivity contribution >= 4 is 17.4 Å². The molecule has 0 radical (unpaired) electrons. The minimum absolute atomic E-state index is 0.166. The van der Waals surface area contributed by atoms with Gasteiger partial charge < -0.3 is 15.0 Å². The van der Waals surface area contributed by atoms with Crippen molar-refractivity contribution < 1.29 is 9.26 Å². The van der Waals surface area contributed by atoms with Crippen molar-refractivity contribution in [3.63, 3.8) is 0 Å². The van der Waals surface area contributed by atoms with Crippen molar-refractivity contribution in [3.8, 4) is 34.4 Å². The monoisotopic (exact) mass is 382 g/mol. The van der Waals surface area contributed by atoms with E-state index in [0.717, 1.165) is 11.4 Å². The fraction of sp³-hybridized carbons (Fsp3) is 0.111. The number of benzene rings is 2. The summed E-state index contributed by atoms with van der Waals surface area (Å²) in [6.45, 7) is 2.52. The van der Waals surface area contributed by atoms with E-state index in [1.807, 2.05) is 43.3 Å². The third-order valence-electron chi connectivity index (χ3n) is 3.84. The number of hydrogen-bond acceptors (Lipinski definition) is 7. The summed E-state index contributed by atoms with van der Waals surface area (Å²) in [5.41, 5.74) is 7.89. The van der Waals surface area contributed by atoms with Crippen molar-refractivity contribution in [1.82, 2.24) is 25.1 Å². The molecule has 2 aromatic carbocycles. The van der Waals surface area contributed by atoms with Crippen LogP contribution in [-0.2, 0) is 0 Å². The molecule has 2 aromatic heterocycles. The Kier molecular flexibility index (Phi) is 4.47. The highest BCUT2D eigenvalue weighted by Crippen LogP contribution is 2.29. The zero-order chi connectivity index (χ0) is 18.8. The van der Waals surface area contributed by atoms with E-state index in [1.165, 1.54) is 4.68 Å². The topological polar surface area (TPSA) is 105 Å². The van der Waals surface area contributed by atoms with E-state index in [0.29, 0.717) is 28.7 Å². The van der Waals surface area contributed by atoms with E-state index in [1.54, 1.807) is 12.1 Å². The molecule has 0 bridgehead atoms. The van der Waals surface area contributed by atoms with E-state index >= 15 is 0 Å². The van der Waals surface area contributed by atoms with E-state index in [4.69, 9.17) is 26.6 Å². The largest absolute Gasteiger partial charge is 0.494 e. The fourth-order valence-corrected chi connectivity index (χ4v) is 2.77. The predicted molar refractivity (Wildman–Crippen MR) is 101 cm³/mol. The number of nitrogens with two attached hydrogens (primary N) is 1. The molecule has 0 amide bonds. The molecule has 27 heavy (non-hydrogen) atoms. The quantitative estimate of drug-likeness (QED) is 0.562. The predicted octanol–water partition coefficient (Wildman–Crippen LogP) is 3.62. The summed E-state index contributed by atoms with van der Waals surface area (Å²) in [4.78, 5) is 4.34. The Morgan fingerprint density at radius 2 is 1.93 bits per heavy atom. The summed E-state index contributed by atoms with van der Waals surface area (Å²) in [6, 6.07) is 14.6. The van der Waals surface area contributed by atoms with E-state index in [2.05, 4.69) is 20.5 Å². The molecule has 136 valence electrons. The van der Waals surface area contributed by atoms with Gasteiger partial charge in [0.15, 0.2) is 11.5 Å². The van der Waals surface area contributed by atoms with Gasteiger partial charge in [-0.2, -0.15) is 9.67 Å². The van der Waals surface area contributed by atoms with Crippen LogP contribution in [0.4, 0.5) is 5.82 Å². The zero-order valence-electron chi connectivity index (χ0n) is 14.3. The van der Waals surface area contributed by atoms with E-state index < -0.39 is 0 Å². The van der Waals surface area contributed by atoms with Gasteiger partial charge in [-0.05, 0) is 43.3 Å². The fourth-order valence-electron chi connectivity index (χ4n) is 2.55. The Bertz CT molecular complexity index is 1070. The van der Waals surface area contributed by atoms with Crippen molar-refractivity contribution in [3.05, 3.63) is 53.6 Å². The average Bonchev–Trinajstić information content (AvgIpc) is 3.30. The number of halogens is 1. The Labute approximate surface area is 159 Å². The van der Waals surface area contributed by atoms with Gasteiger partial charge in [-0.25, -0.2) is 0 Å². The lowest BCUT2D eigenvalue weighted by atomic mass is 10.2. The Morgan fingerprint density at radius 1 is 1.15 bits per heavy atom. The third kappa shape index (κ3) is 3.22. The van der Waals surface area contributed by atoms with Gasteiger partial charge >= 0.3 is 0 Å². The molecule has 0 atom stereocenters. The third-order valence-corrected chi connectivity index (χ3v) is 4.17. The zero-order valence-corrected chi connectivity index (χ0v) is 15.1. The van der Waals surface area contributed by atoms with Crippen LogP contribution in [0.25, 0.3) is 28.7 Å². The van der Waals surface area contributed by atoms with Crippen molar-refractivity contribution in [2.24, 2.45) is 0 Å². The van der Waals surface area contributed by atoms with Gasteiger partial charge in [-0.15, -0.1) is 5.10 Å². The maximum absolute atomic E-state index is 6.19. The highest BCUT2D eigenvalue weighted by atomic mass is 35.5. The summed E-state index contributed by atoms with van der Waals surface area (Å²) in [5.74, 6) is 1.57. The standard InChI is InChI=1S/C18H15ClN6O2/c1-2-26-12-9-7-11(8-10-12)25-16(20)15(22-24-25)18-21-17(23-27-18)13-5-3-4-6-14(13)19/h3-10H,2,20H2,1H3. The summed E-state index contributed by atoms with van der Waals surface area (Å²) in [5, 5.41) is 12.6. The summed E-state index contributed by atoms with van der Waals surface area (Å²) in [7, 11) is 0. The second-order valence-corrected chi connectivity index (χ2v) is 5.97. The van der Waals surface area contributed by atoms with Crippen LogP contribution in [0.2, 0.25) is 5.02 Å². The Morgan fingerprint density at radius 3 is 2.67 bits per heavy atom. The number of nitrogens with zero attached hydrogens (tertiary/aromatic N) is 5. The SMILES string of the molecule is CCOc1ccc(-n2nnc(-c3nc(-c4ccccc4Cl)no3)c2N)cc1. The molecule has 4 rings (SSSR count). The van der Waals surface area contributed by atoms with Crippen molar-refractivity contribution in [1.29, 1.82) is 0 Å². The van der Waals surface area contributed by atoms with Gasteiger partial charge in [0.2, 0.25) is 5.82 Å². The lowest BCUT2D eigenvalue weighted by Crippen LogP contribution is -2.02. The number of hydrogen-bond donors (Lipinski definition) is 1. The van der Waals surface area contributed by atoms with Crippen LogP contribution in [0.1, 0.15) is 6.92 Å². The van der Waals surface area contributed by atoms with Crippen LogP contribution in [0, 0.1) is 0 Å². The first-order chi connectivity index (χ1) is 13.2. The first-order valence-corrected chi connectivity index (χ1v) is 8.58. The minimum Gasteiger partial charge on any atom is -0.494 e. The number of rotatable bonds is 5. The molecule has 8 nitrogen and oxygen atoms in total. The molecular weight excluding hydrogens is 368 g/mol. The molecule has 4 aromatic rings. The van der Waals surface area contributed by atoms with Gasteiger partial charge in [-0.3, -0.25) is 0 Å². The Hall–Kier alpha value is -3.39. The minimum atomic E-state index is 0.166. The summed E-state index contributed by atoms with van der Waals surface area (Å²) >= 11 is 6.18. The van der Waals surface area contributed by atoms with Crippen LogP contribution in [0.3, 0.4) is 0 Å². The van der Waals surface area contributed by atoms with Crippen LogP contribution >= 0.6 is 11.6 Å². The molecule has 0 unspecified atom stereocenters. The molecule has 9 heteroatoms. The van der Waals surface area contributed by atoms with Crippen molar-refractivity contribution in [2.75, 3.05) is 12.3 Å². The van der Waals surface area contributed by atoms with Crippen LogP contribution < -0.4 is 10.5 Å². The molecule has 0 saturated heterocycles. The molecule has 0 spiro atoms. The molecule has 0 fully saturated rings. The lowest BCUT2D eigenvalue weighted by Gasteiger charge is -2.05. The summed E-state index contributed by atoms with van der Waals surface area (Å²) in [6.07, 6.45) is 0. The smallest absolute Gasteiger partial charge is 0.282 e. The first-order valence-electron chi connectivity index (χ1n) is 8.20. The van der Waals surface area contributed by atoms with E-state index in [-0.39, 0.29) is 11.7 Å². The van der Waals surface area contributed by atoms with Gasteiger partial charge in [0, 0.05) is 5.56 Å². The van der Waals surface area contributed by atoms with E-state index in [9.17, 15) is 0 Å². The second kappa shape index (κ2) is 7.08. The first kappa shape index (κ1) is 17.0. The maximum Gasteiger partial charge on any atom is 0.282 e. The van der Waals surface area contributed by atoms with Crippen molar-refractivity contribution in [2.45, 2.75) is 6.92 Å². The molecule has 0 aliphatic carbocycles. The average molecular weight is 383 g/mol. The highest BCUT2D eigenvalue weighted by molar-refractivity contribution is 6.33. The van der Waals surface area contributed by atoms with Gasteiger partial charge in [-0.1, -0.05) is 34.1 Å². The molecule has 0 aliphatic heterocycles. The molecule has 2 heterocycles. The normalized spacial score (nSPS) is 10.9. The maximum atomic E-state index is 6.19. The van der Waals surface area contributed by atoms with Gasteiger partial charge in [0.05, 0.1) is 17.3 Å².